The van der Waals surface area contributed by atoms with E-state index in [1.165, 1.54) is 56.9 Å². The van der Waals surface area contributed by atoms with Crippen molar-refractivity contribution in [2.24, 2.45) is 0 Å². The summed E-state index contributed by atoms with van der Waals surface area (Å²) in [6, 6.07) is 9.60. The Labute approximate surface area is 227 Å². The van der Waals surface area contributed by atoms with Gasteiger partial charge in [-0.15, -0.1) is 11.0 Å². The zero-order chi connectivity index (χ0) is 25.7. The minimum Gasteiger partial charge on any atom is -0.656 e. The van der Waals surface area contributed by atoms with E-state index in [1.54, 1.807) is 0 Å². The molecule has 0 bridgehead atoms. The molecule has 1 aliphatic rings. The van der Waals surface area contributed by atoms with Gasteiger partial charge in [0.15, 0.2) is 0 Å². The van der Waals surface area contributed by atoms with Crippen LogP contribution in [0.3, 0.4) is 0 Å². The third-order valence-corrected chi connectivity index (χ3v) is 6.91. The molecule has 1 aliphatic heterocycles. The van der Waals surface area contributed by atoms with Gasteiger partial charge in [0.25, 0.3) is 0 Å². The van der Waals surface area contributed by atoms with Crippen LogP contribution in [0.5, 0.6) is 0 Å². The first-order valence-corrected chi connectivity index (χ1v) is 13.1. The molecule has 0 aliphatic carbocycles. The van der Waals surface area contributed by atoms with E-state index in [0.717, 1.165) is 13.2 Å². The van der Waals surface area contributed by atoms with E-state index in [-0.39, 0.29) is 40.5 Å². The van der Waals surface area contributed by atoms with Gasteiger partial charge < -0.3 is 9.72 Å². The standard InChI is InChI=1S/C28H40N.C4H8O.Li/c1-25(2,3)17-13-19-20-14-18(26(4,5)6)16-22(28(10,11)12)24(20)29-23(19)21(15-17)27(7,8)9;1-2-4-5-3-1;/h13-16H,1-12H3;1-4H2;/q-1;;+1. The fourth-order valence-corrected chi connectivity index (χ4v) is 4.55. The summed E-state index contributed by atoms with van der Waals surface area (Å²) in [5.74, 6) is 0. The predicted molar refractivity (Wildman–Crippen MR) is 150 cm³/mol. The molecule has 188 valence electrons. The number of benzene rings is 2. The Morgan fingerprint density at radius 2 is 0.886 bits per heavy atom. The Kier molecular flexibility index (Phi) is 8.82. The van der Waals surface area contributed by atoms with Crippen LogP contribution in [0.4, 0.5) is 0 Å². The number of fused-ring (bicyclic) bond motifs is 3. The van der Waals surface area contributed by atoms with E-state index in [9.17, 15) is 0 Å². The zero-order valence-corrected chi connectivity index (χ0v) is 25.0. The monoisotopic (exact) mass is 469 g/mol. The minimum atomic E-state index is 0. The molecule has 0 radical (unpaired) electrons. The van der Waals surface area contributed by atoms with Gasteiger partial charge in [0.05, 0.1) is 0 Å². The number of ether oxygens (including phenoxy) is 1. The second kappa shape index (κ2) is 10.3. The van der Waals surface area contributed by atoms with Crippen molar-refractivity contribution < 1.29 is 23.6 Å². The number of hydrogen-bond acceptors (Lipinski definition) is 1. The van der Waals surface area contributed by atoms with E-state index >= 15 is 0 Å². The summed E-state index contributed by atoms with van der Waals surface area (Å²) in [7, 11) is 0. The smallest absolute Gasteiger partial charge is 0.656 e. The van der Waals surface area contributed by atoms with Crippen molar-refractivity contribution in [2.75, 3.05) is 13.2 Å². The first-order chi connectivity index (χ1) is 15.4. The molecular weight excluding hydrogens is 421 g/mol. The second-order valence-corrected chi connectivity index (χ2v) is 14.3. The molecule has 0 unspecified atom stereocenters. The molecule has 35 heavy (non-hydrogen) atoms. The number of nitrogens with zero attached hydrogens (tertiary/aromatic N) is 1. The van der Waals surface area contributed by atoms with Gasteiger partial charge in [-0.2, -0.15) is 0 Å². The van der Waals surface area contributed by atoms with E-state index in [2.05, 4.69) is 107 Å². The third kappa shape index (κ3) is 6.77. The molecule has 0 atom stereocenters. The van der Waals surface area contributed by atoms with Gasteiger partial charge in [-0.1, -0.05) is 118 Å². The normalized spacial score (nSPS) is 15.2. The molecule has 0 saturated carbocycles. The summed E-state index contributed by atoms with van der Waals surface area (Å²) in [5.41, 5.74) is 8.15. The molecule has 0 N–H and O–H groups in total. The van der Waals surface area contributed by atoms with E-state index in [4.69, 9.17) is 9.72 Å². The largest absolute Gasteiger partial charge is 1.00 e. The van der Waals surface area contributed by atoms with Gasteiger partial charge in [-0.05, 0) is 56.4 Å². The quantitative estimate of drug-likeness (QED) is 0.380. The Morgan fingerprint density at radius 3 is 1.11 bits per heavy atom. The molecule has 1 aromatic heterocycles. The van der Waals surface area contributed by atoms with E-state index < -0.39 is 0 Å². The van der Waals surface area contributed by atoms with Crippen molar-refractivity contribution in [2.45, 2.75) is 118 Å². The molecule has 3 aromatic rings. The Balaban J connectivity index is 0.000000640. The van der Waals surface area contributed by atoms with Gasteiger partial charge in [0, 0.05) is 13.2 Å². The van der Waals surface area contributed by atoms with E-state index in [0.29, 0.717) is 0 Å². The number of aromatic nitrogens is 1. The van der Waals surface area contributed by atoms with Gasteiger partial charge in [0.2, 0.25) is 0 Å². The van der Waals surface area contributed by atoms with Crippen LogP contribution in [-0.4, -0.2) is 13.2 Å². The van der Waals surface area contributed by atoms with Gasteiger partial charge in [0.1, 0.15) is 0 Å². The van der Waals surface area contributed by atoms with Crippen LogP contribution in [0.1, 0.15) is 118 Å². The summed E-state index contributed by atoms with van der Waals surface area (Å²) in [5, 5.41) is 2.63. The molecule has 2 heterocycles. The average molecular weight is 470 g/mol. The zero-order valence-electron chi connectivity index (χ0n) is 25.0. The summed E-state index contributed by atoms with van der Waals surface area (Å²) in [6.07, 6.45) is 2.56. The van der Waals surface area contributed by atoms with Crippen LogP contribution in [0.15, 0.2) is 24.3 Å². The van der Waals surface area contributed by atoms with Gasteiger partial charge >= 0.3 is 18.9 Å². The van der Waals surface area contributed by atoms with Crippen LogP contribution >= 0.6 is 0 Å². The molecule has 1 saturated heterocycles. The predicted octanol–water partition coefficient (Wildman–Crippen LogP) is 5.94. The van der Waals surface area contributed by atoms with Crippen LogP contribution in [0, 0.1) is 0 Å². The summed E-state index contributed by atoms with van der Waals surface area (Å²) < 4.78 is 4.94. The summed E-state index contributed by atoms with van der Waals surface area (Å²) in [4.78, 5) is 5.29. The SMILES string of the molecule is C1CCOC1.CC(C)(C)c1cc(C(C)(C)C)c2[n-]c3c(C(C)(C)C)cc(C(C)(C)C)cc3c2c1.[Li+]. The molecule has 0 spiro atoms. The van der Waals surface area contributed by atoms with Crippen LogP contribution in [-0.2, 0) is 26.4 Å². The molecular formula is C32H48LiNO. The van der Waals surface area contributed by atoms with Crippen molar-refractivity contribution >= 4 is 21.8 Å². The van der Waals surface area contributed by atoms with E-state index in [1.807, 2.05) is 0 Å². The van der Waals surface area contributed by atoms with Crippen LogP contribution < -0.4 is 23.8 Å². The third-order valence-electron chi connectivity index (χ3n) is 6.91. The van der Waals surface area contributed by atoms with Crippen LogP contribution in [0.2, 0.25) is 0 Å². The van der Waals surface area contributed by atoms with Gasteiger partial charge in [-0.25, -0.2) is 0 Å². The Hall–Kier alpha value is -1.20. The average Bonchev–Trinajstić information content (AvgIpc) is 3.34. The summed E-state index contributed by atoms with van der Waals surface area (Å²) in [6.45, 7) is 29.7. The van der Waals surface area contributed by atoms with Crippen molar-refractivity contribution in [3.63, 3.8) is 0 Å². The second-order valence-electron chi connectivity index (χ2n) is 14.3. The molecule has 1 fully saturated rings. The topological polar surface area (TPSA) is 23.3 Å². The fraction of sp³-hybridized carbons (Fsp3) is 0.625. The summed E-state index contributed by atoms with van der Waals surface area (Å²) >= 11 is 0. The molecule has 2 aromatic carbocycles. The Morgan fingerprint density at radius 1 is 0.543 bits per heavy atom. The van der Waals surface area contributed by atoms with Crippen LogP contribution in [0.25, 0.3) is 21.8 Å². The maximum atomic E-state index is 5.29. The molecule has 4 rings (SSSR count). The maximum Gasteiger partial charge on any atom is 1.00 e. The fourth-order valence-electron chi connectivity index (χ4n) is 4.55. The van der Waals surface area contributed by atoms with Crippen molar-refractivity contribution in [3.05, 3.63) is 46.5 Å². The van der Waals surface area contributed by atoms with Gasteiger partial charge in [-0.3, -0.25) is 0 Å². The first-order valence-electron chi connectivity index (χ1n) is 13.1. The number of rotatable bonds is 0. The number of hydrogen-bond donors (Lipinski definition) is 0. The van der Waals surface area contributed by atoms with Crippen molar-refractivity contribution in [3.8, 4) is 0 Å². The first kappa shape index (κ1) is 30.0. The minimum absolute atomic E-state index is 0. The van der Waals surface area contributed by atoms with Crippen molar-refractivity contribution in [1.82, 2.24) is 4.98 Å². The molecule has 2 nitrogen and oxygen atoms in total. The maximum absolute atomic E-state index is 5.29. The molecule has 3 heteroatoms. The van der Waals surface area contributed by atoms with Crippen molar-refractivity contribution in [1.29, 1.82) is 0 Å². The molecule has 0 amide bonds. The Bertz CT molecular complexity index is 1060.